The topological polar surface area (TPSA) is 68.2 Å². The number of nitrogens with zero attached hydrogens (tertiary/aromatic N) is 2. The van der Waals surface area contributed by atoms with Gasteiger partial charge in [-0.2, -0.15) is 5.10 Å². The van der Waals surface area contributed by atoms with Gasteiger partial charge in [-0.1, -0.05) is 18.2 Å². The average Bonchev–Trinajstić information content (AvgIpc) is 3.39. The van der Waals surface area contributed by atoms with Crippen molar-refractivity contribution in [2.75, 3.05) is 25.1 Å². The zero-order valence-electron chi connectivity index (χ0n) is 14.2. The number of carbonyl (C=O) groups excluding carboxylic acids is 1. The molecule has 128 valence electrons. The summed E-state index contributed by atoms with van der Waals surface area (Å²) in [4.78, 5) is 12.2. The number of ether oxygens (including phenoxy) is 1. The van der Waals surface area contributed by atoms with Crippen molar-refractivity contribution < 1.29 is 9.53 Å². The van der Waals surface area contributed by atoms with E-state index in [1.54, 1.807) is 0 Å². The predicted molar refractivity (Wildman–Crippen MR) is 93.8 cm³/mol. The molecule has 1 aliphatic carbocycles. The van der Waals surface area contributed by atoms with Crippen LogP contribution in [0.3, 0.4) is 0 Å². The van der Waals surface area contributed by atoms with E-state index in [-0.39, 0.29) is 6.03 Å². The first-order chi connectivity index (χ1) is 11.7. The Bertz CT molecular complexity index is 693. The van der Waals surface area contributed by atoms with E-state index in [0.29, 0.717) is 25.7 Å². The van der Waals surface area contributed by atoms with Crippen LogP contribution in [0, 0.1) is 6.92 Å². The SMILES string of the molecule is CCOCCNC(=O)Nc1c(C)c(C2CC2)nn1-c1ccccc1. The minimum Gasteiger partial charge on any atom is -0.380 e. The summed E-state index contributed by atoms with van der Waals surface area (Å²) in [5.41, 5.74) is 3.07. The van der Waals surface area contributed by atoms with Gasteiger partial charge in [-0.15, -0.1) is 0 Å². The molecule has 2 aromatic rings. The van der Waals surface area contributed by atoms with E-state index >= 15 is 0 Å². The quantitative estimate of drug-likeness (QED) is 0.767. The van der Waals surface area contributed by atoms with Crippen LogP contribution in [-0.2, 0) is 4.74 Å². The Morgan fingerprint density at radius 3 is 2.75 bits per heavy atom. The van der Waals surface area contributed by atoms with Gasteiger partial charge in [-0.3, -0.25) is 5.32 Å². The number of amides is 2. The van der Waals surface area contributed by atoms with Crippen molar-refractivity contribution in [1.82, 2.24) is 15.1 Å². The fourth-order valence-electron chi connectivity index (χ4n) is 2.69. The standard InChI is InChI=1S/C18H24N4O2/c1-3-24-12-11-19-18(23)20-17-13(2)16(14-9-10-14)21-22(17)15-7-5-4-6-8-15/h4-8,14H,3,9-12H2,1-2H3,(H2,19,20,23). The normalized spacial score (nSPS) is 13.8. The average molecular weight is 328 g/mol. The lowest BCUT2D eigenvalue weighted by Crippen LogP contribution is -2.32. The van der Waals surface area contributed by atoms with Crippen molar-refractivity contribution in [3.8, 4) is 5.69 Å². The lowest BCUT2D eigenvalue weighted by Gasteiger charge is -2.11. The monoisotopic (exact) mass is 328 g/mol. The molecular weight excluding hydrogens is 304 g/mol. The van der Waals surface area contributed by atoms with Crippen molar-refractivity contribution in [1.29, 1.82) is 0 Å². The maximum absolute atomic E-state index is 12.2. The molecule has 6 nitrogen and oxygen atoms in total. The number of rotatable bonds is 7. The highest BCUT2D eigenvalue weighted by atomic mass is 16.5. The van der Waals surface area contributed by atoms with E-state index in [4.69, 9.17) is 9.84 Å². The number of urea groups is 1. The molecule has 1 fully saturated rings. The highest BCUT2D eigenvalue weighted by molar-refractivity contribution is 5.89. The van der Waals surface area contributed by atoms with Gasteiger partial charge >= 0.3 is 6.03 Å². The van der Waals surface area contributed by atoms with Crippen molar-refractivity contribution in [2.24, 2.45) is 0 Å². The Labute approximate surface area is 142 Å². The van der Waals surface area contributed by atoms with E-state index < -0.39 is 0 Å². The summed E-state index contributed by atoms with van der Waals surface area (Å²) in [7, 11) is 0. The van der Waals surface area contributed by atoms with Crippen LogP contribution >= 0.6 is 0 Å². The molecule has 0 aliphatic heterocycles. The summed E-state index contributed by atoms with van der Waals surface area (Å²) >= 11 is 0. The zero-order chi connectivity index (χ0) is 16.9. The first-order valence-electron chi connectivity index (χ1n) is 8.48. The van der Waals surface area contributed by atoms with Crippen LogP contribution in [0.15, 0.2) is 30.3 Å². The molecule has 0 unspecified atom stereocenters. The van der Waals surface area contributed by atoms with Crippen molar-refractivity contribution in [3.05, 3.63) is 41.6 Å². The van der Waals surface area contributed by atoms with Crippen LogP contribution in [0.5, 0.6) is 0 Å². The fourth-order valence-corrected chi connectivity index (χ4v) is 2.69. The number of hydrogen-bond acceptors (Lipinski definition) is 3. The highest BCUT2D eigenvalue weighted by Gasteiger charge is 2.30. The summed E-state index contributed by atoms with van der Waals surface area (Å²) in [6, 6.07) is 9.64. The Hall–Kier alpha value is -2.34. The molecule has 0 radical (unpaired) electrons. The van der Waals surface area contributed by atoms with Gasteiger partial charge in [-0.05, 0) is 38.8 Å². The molecule has 0 saturated heterocycles. The number of para-hydroxylation sites is 1. The van der Waals surface area contributed by atoms with Gasteiger partial charge in [0.25, 0.3) is 0 Å². The van der Waals surface area contributed by atoms with Crippen LogP contribution in [0.25, 0.3) is 5.69 Å². The smallest absolute Gasteiger partial charge is 0.320 e. The molecule has 1 aliphatic rings. The first-order valence-corrected chi connectivity index (χ1v) is 8.48. The molecule has 2 N–H and O–H groups in total. The molecule has 1 aromatic carbocycles. The maximum atomic E-state index is 12.2. The van der Waals surface area contributed by atoms with E-state index in [1.165, 1.54) is 12.8 Å². The van der Waals surface area contributed by atoms with Gasteiger partial charge < -0.3 is 10.1 Å². The van der Waals surface area contributed by atoms with Crippen molar-refractivity contribution in [2.45, 2.75) is 32.6 Å². The summed E-state index contributed by atoms with van der Waals surface area (Å²) in [5, 5.41) is 10.5. The third-order valence-electron chi connectivity index (χ3n) is 4.09. The Morgan fingerprint density at radius 2 is 2.08 bits per heavy atom. The Balaban J connectivity index is 1.79. The van der Waals surface area contributed by atoms with Crippen LogP contribution in [0.4, 0.5) is 10.6 Å². The second-order valence-corrected chi connectivity index (χ2v) is 5.96. The number of nitrogens with one attached hydrogen (secondary N) is 2. The highest BCUT2D eigenvalue weighted by Crippen LogP contribution is 2.42. The number of carbonyl (C=O) groups is 1. The molecule has 1 aromatic heterocycles. The van der Waals surface area contributed by atoms with E-state index in [0.717, 1.165) is 22.8 Å². The molecule has 1 heterocycles. The maximum Gasteiger partial charge on any atom is 0.320 e. The number of anilines is 1. The minimum absolute atomic E-state index is 0.239. The van der Waals surface area contributed by atoms with E-state index in [2.05, 4.69) is 10.6 Å². The molecule has 0 bridgehead atoms. The summed E-state index contributed by atoms with van der Waals surface area (Å²) < 4.78 is 7.06. The molecule has 6 heteroatoms. The van der Waals surface area contributed by atoms with Crippen LogP contribution in [0.2, 0.25) is 0 Å². The molecule has 2 amide bonds. The third kappa shape index (κ3) is 3.76. The lowest BCUT2D eigenvalue weighted by molar-refractivity contribution is 0.150. The lowest BCUT2D eigenvalue weighted by atomic mass is 10.2. The second kappa shape index (κ2) is 7.49. The number of hydrogen-bond donors (Lipinski definition) is 2. The zero-order valence-corrected chi connectivity index (χ0v) is 14.2. The molecule has 1 saturated carbocycles. The Morgan fingerprint density at radius 1 is 1.33 bits per heavy atom. The molecular formula is C18H24N4O2. The molecule has 24 heavy (non-hydrogen) atoms. The van der Waals surface area contributed by atoms with Crippen LogP contribution in [0.1, 0.15) is 36.9 Å². The molecule has 0 atom stereocenters. The summed E-state index contributed by atoms with van der Waals surface area (Å²) in [5.74, 6) is 1.26. The number of benzene rings is 1. The summed E-state index contributed by atoms with van der Waals surface area (Å²) in [6.45, 7) is 5.59. The van der Waals surface area contributed by atoms with Gasteiger partial charge in [0, 0.05) is 24.6 Å². The second-order valence-electron chi connectivity index (χ2n) is 5.96. The largest absolute Gasteiger partial charge is 0.380 e. The third-order valence-corrected chi connectivity index (χ3v) is 4.09. The van der Waals surface area contributed by atoms with Gasteiger partial charge in [-0.25, -0.2) is 9.48 Å². The molecule has 0 spiro atoms. The van der Waals surface area contributed by atoms with Gasteiger partial charge in [0.2, 0.25) is 0 Å². The number of aromatic nitrogens is 2. The van der Waals surface area contributed by atoms with Gasteiger partial charge in [0.1, 0.15) is 5.82 Å². The van der Waals surface area contributed by atoms with Crippen molar-refractivity contribution >= 4 is 11.8 Å². The van der Waals surface area contributed by atoms with E-state index in [1.807, 2.05) is 48.9 Å². The summed E-state index contributed by atoms with van der Waals surface area (Å²) in [6.07, 6.45) is 2.35. The first kappa shape index (κ1) is 16.5. The van der Waals surface area contributed by atoms with E-state index in [9.17, 15) is 4.79 Å². The minimum atomic E-state index is -0.239. The van der Waals surface area contributed by atoms with Crippen LogP contribution in [-0.4, -0.2) is 35.6 Å². The fraction of sp³-hybridized carbons (Fsp3) is 0.444. The predicted octanol–water partition coefficient (Wildman–Crippen LogP) is 3.22. The van der Waals surface area contributed by atoms with Gasteiger partial charge in [0.15, 0.2) is 0 Å². The van der Waals surface area contributed by atoms with Crippen molar-refractivity contribution in [3.63, 3.8) is 0 Å². The van der Waals surface area contributed by atoms with Gasteiger partial charge in [0.05, 0.1) is 18.0 Å². The van der Waals surface area contributed by atoms with Crippen LogP contribution < -0.4 is 10.6 Å². The Kier molecular flexibility index (Phi) is 5.15. The molecule has 3 rings (SSSR count).